The van der Waals surface area contributed by atoms with Gasteiger partial charge in [0.05, 0.1) is 24.2 Å². The summed E-state index contributed by atoms with van der Waals surface area (Å²) in [6.45, 7) is 2.42. The van der Waals surface area contributed by atoms with Gasteiger partial charge in [-0.25, -0.2) is 18.4 Å². The predicted molar refractivity (Wildman–Crippen MR) is 85.5 cm³/mol. The summed E-state index contributed by atoms with van der Waals surface area (Å²) in [5.41, 5.74) is 7.98. The van der Waals surface area contributed by atoms with Crippen LogP contribution in [0.3, 0.4) is 0 Å². The van der Waals surface area contributed by atoms with Crippen LogP contribution < -0.4 is 10.5 Å². The minimum absolute atomic E-state index is 0.156. The number of nitrogens with two attached hydrogens (primary N) is 1. The van der Waals surface area contributed by atoms with E-state index in [2.05, 4.69) is 9.97 Å². The van der Waals surface area contributed by atoms with Gasteiger partial charge in [0.15, 0.2) is 0 Å². The van der Waals surface area contributed by atoms with Crippen molar-refractivity contribution in [3.05, 3.63) is 41.2 Å². The van der Waals surface area contributed by atoms with E-state index in [4.69, 9.17) is 10.5 Å². The van der Waals surface area contributed by atoms with Crippen LogP contribution in [0.4, 0.5) is 5.95 Å². The average Bonchev–Trinajstić information content (AvgIpc) is 2.54. The lowest BCUT2D eigenvalue weighted by Gasteiger charge is -2.27. The van der Waals surface area contributed by atoms with E-state index in [9.17, 15) is 8.42 Å². The zero-order chi connectivity index (χ0) is 16.6. The van der Waals surface area contributed by atoms with E-state index in [-0.39, 0.29) is 17.4 Å². The lowest BCUT2D eigenvalue weighted by Crippen LogP contribution is -2.36. The number of ether oxygens (including phenoxy) is 1. The molecular weight excluding hydrogens is 316 g/mol. The highest BCUT2D eigenvalue weighted by Crippen LogP contribution is 2.27. The van der Waals surface area contributed by atoms with Crippen molar-refractivity contribution in [1.29, 1.82) is 0 Å². The molecule has 0 bridgehead atoms. The van der Waals surface area contributed by atoms with E-state index in [0.29, 0.717) is 24.4 Å². The minimum Gasteiger partial charge on any atom is -0.496 e. The molecule has 122 valence electrons. The van der Waals surface area contributed by atoms with Crippen LogP contribution in [-0.4, -0.2) is 36.3 Å². The largest absolute Gasteiger partial charge is 0.496 e. The zero-order valence-corrected chi connectivity index (χ0v) is 13.8. The van der Waals surface area contributed by atoms with E-state index >= 15 is 0 Å². The summed E-state index contributed by atoms with van der Waals surface area (Å²) in [4.78, 5) is 8.36. The number of hydrogen-bond donors (Lipinski definition) is 1. The molecule has 2 N–H and O–H groups in total. The molecule has 0 fully saturated rings. The fourth-order valence-electron chi connectivity index (χ4n) is 2.66. The first-order chi connectivity index (χ1) is 10.9. The van der Waals surface area contributed by atoms with Crippen molar-refractivity contribution in [3.63, 3.8) is 0 Å². The molecule has 0 atom stereocenters. The number of benzene rings is 1. The van der Waals surface area contributed by atoms with Crippen LogP contribution in [-0.2, 0) is 23.0 Å². The van der Waals surface area contributed by atoms with Crippen molar-refractivity contribution in [1.82, 2.24) is 14.3 Å². The Morgan fingerprint density at radius 2 is 2.13 bits per heavy atom. The Balaban J connectivity index is 1.93. The van der Waals surface area contributed by atoms with E-state index in [1.165, 1.54) is 4.31 Å². The Morgan fingerprint density at radius 3 is 2.83 bits per heavy atom. The molecule has 1 aromatic heterocycles. The van der Waals surface area contributed by atoms with Gasteiger partial charge in [-0.05, 0) is 42.7 Å². The highest BCUT2D eigenvalue weighted by atomic mass is 32.2. The van der Waals surface area contributed by atoms with Gasteiger partial charge in [0.2, 0.25) is 16.0 Å². The minimum atomic E-state index is -3.59. The second-order valence-corrected chi connectivity index (χ2v) is 7.36. The second kappa shape index (κ2) is 5.78. The van der Waals surface area contributed by atoms with Gasteiger partial charge in [-0.15, -0.1) is 0 Å². The lowest BCUT2D eigenvalue weighted by molar-refractivity contribution is 0.384. The van der Waals surface area contributed by atoms with Crippen molar-refractivity contribution >= 4 is 16.0 Å². The van der Waals surface area contributed by atoms with Gasteiger partial charge in [-0.3, -0.25) is 0 Å². The molecule has 0 radical (unpaired) electrons. The number of methoxy groups -OCH3 is 1. The van der Waals surface area contributed by atoms with Crippen LogP contribution in [0.15, 0.2) is 29.3 Å². The first-order valence-corrected chi connectivity index (χ1v) is 8.61. The van der Waals surface area contributed by atoms with Gasteiger partial charge in [0.25, 0.3) is 0 Å². The smallest absolute Gasteiger partial charge is 0.243 e. The number of aromatic nitrogens is 2. The number of fused-ring (bicyclic) bond motifs is 1. The van der Waals surface area contributed by atoms with E-state index < -0.39 is 10.0 Å². The van der Waals surface area contributed by atoms with Gasteiger partial charge < -0.3 is 10.5 Å². The highest BCUT2D eigenvalue weighted by Gasteiger charge is 2.29. The number of hydrogen-bond acceptors (Lipinski definition) is 6. The predicted octanol–water partition coefficient (Wildman–Crippen LogP) is 1.12. The number of rotatable bonds is 3. The van der Waals surface area contributed by atoms with Crippen LogP contribution in [0.5, 0.6) is 5.75 Å². The number of anilines is 1. The molecule has 7 nitrogen and oxygen atoms in total. The van der Waals surface area contributed by atoms with Crippen molar-refractivity contribution in [3.8, 4) is 5.75 Å². The molecule has 1 aromatic carbocycles. The molecule has 8 heteroatoms. The second-order valence-electron chi connectivity index (χ2n) is 5.42. The van der Waals surface area contributed by atoms with E-state index in [1.54, 1.807) is 31.5 Å². The van der Waals surface area contributed by atoms with Crippen LogP contribution in [0, 0.1) is 6.92 Å². The van der Waals surface area contributed by atoms with Gasteiger partial charge in [-0.1, -0.05) is 0 Å². The summed E-state index contributed by atoms with van der Waals surface area (Å²) in [6.07, 6.45) is 2.24. The first kappa shape index (κ1) is 15.7. The highest BCUT2D eigenvalue weighted by molar-refractivity contribution is 7.89. The average molecular weight is 334 g/mol. The molecule has 0 unspecified atom stereocenters. The van der Waals surface area contributed by atoms with Crippen molar-refractivity contribution in [2.45, 2.75) is 24.8 Å². The molecule has 0 amide bonds. The number of nitrogen functional groups attached to an aromatic ring is 1. The normalized spacial score (nSPS) is 15.2. The van der Waals surface area contributed by atoms with Crippen LogP contribution >= 0.6 is 0 Å². The van der Waals surface area contributed by atoms with Gasteiger partial charge in [0, 0.05) is 12.7 Å². The molecule has 1 aliphatic rings. The Bertz CT molecular complexity index is 852. The molecule has 1 aliphatic heterocycles. The van der Waals surface area contributed by atoms with Crippen molar-refractivity contribution < 1.29 is 13.2 Å². The summed E-state index contributed by atoms with van der Waals surface area (Å²) in [5, 5.41) is 0. The van der Waals surface area contributed by atoms with Crippen molar-refractivity contribution in [2.75, 3.05) is 19.4 Å². The number of aryl methyl sites for hydroxylation is 1. The molecule has 0 saturated heterocycles. The molecule has 0 aliphatic carbocycles. The molecule has 3 rings (SSSR count). The molecule has 2 heterocycles. The van der Waals surface area contributed by atoms with Crippen LogP contribution in [0.25, 0.3) is 0 Å². The van der Waals surface area contributed by atoms with E-state index in [1.807, 2.05) is 6.92 Å². The monoisotopic (exact) mass is 334 g/mol. The maximum Gasteiger partial charge on any atom is 0.243 e. The molecule has 0 spiro atoms. The van der Waals surface area contributed by atoms with Gasteiger partial charge >= 0.3 is 0 Å². The zero-order valence-electron chi connectivity index (χ0n) is 13.0. The third-order valence-corrected chi connectivity index (χ3v) is 5.77. The molecular formula is C15H18N4O3S. The molecule has 23 heavy (non-hydrogen) atoms. The fraction of sp³-hybridized carbons (Fsp3) is 0.333. The fourth-order valence-corrected chi connectivity index (χ4v) is 4.15. The topological polar surface area (TPSA) is 98.4 Å². The Morgan fingerprint density at radius 1 is 1.35 bits per heavy atom. The SMILES string of the molecule is COc1ccc(S(=O)(=O)N2CCc3cnc(N)nc3C2)cc1C. The van der Waals surface area contributed by atoms with Gasteiger partial charge in [-0.2, -0.15) is 4.31 Å². The molecule has 0 saturated carbocycles. The number of nitrogens with zero attached hydrogens (tertiary/aromatic N) is 3. The maximum atomic E-state index is 12.8. The lowest BCUT2D eigenvalue weighted by atomic mass is 10.1. The molecule has 2 aromatic rings. The first-order valence-electron chi connectivity index (χ1n) is 7.17. The quantitative estimate of drug-likeness (QED) is 0.903. The standard InChI is InChI=1S/C15H18N4O3S/c1-10-7-12(3-4-14(10)22-2)23(20,21)19-6-5-11-8-17-15(16)18-13(11)9-19/h3-4,7-8H,5-6,9H2,1-2H3,(H2,16,17,18). The number of sulfonamides is 1. The van der Waals surface area contributed by atoms with E-state index in [0.717, 1.165) is 11.1 Å². The van der Waals surface area contributed by atoms with Crippen molar-refractivity contribution in [2.24, 2.45) is 0 Å². The van der Waals surface area contributed by atoms with Crippen LogP contribution in [0.1, 0.15) is 16.8 Å². The van der Waals surface area contributed by atoms with Crippen LogP contribution in [0.2, 0.25) is 0 Å². The third kappa shape index (κ3) is 2.87. The summed E-state index contributed by atoms with van der Waals surface area (Å²) < 4.78 is 32.3. The Labute approximate surface area is 135 Å². The summed E-state index contributed by atoms with van der Waals surface area (Å²) in [7, 11) is -2.03. The summed E-state index contributed by atoms with van der Waals surface area (Å²) >= 11 is 0. The Kier molecular flexibility index (Phi) is 3.95. The summed E-state index contributed by atoms with van der Waals surface area (Å²) in [6, 6.07) is 4.85. The summed E-state index contributed by atoms with van der Waals surface area (Å²) in [5.74, 6) is 0.816. The van der Waals surface area contributed by atoms with Gasteiger partial charge in [0.1, 0.15) is 5.75 Å². The maximum absolute atomic E-state index is 12.8. The third-order valence-electron chi connectivity index (χ3n) is 3.93. The Hall–Kier alpha value is -2.19.